The van der Waals surface area contributed by atoms with Crippen LogP contribution >= 0.6 is 12.4 Å². The zero-order valence-corrected chi connectivity index (χ0v) is 7.44. The summed E-state index contributed by atoms with van der Waals surface area (Å²) < 4.78 is 12.2. The number of halogens is 2. The molecule has 0 bridgehead atoms. The summed E-state index contributed by atoms with van der Waals surface area (Å²) in [5, 5.41) is 8.07. The third kappa shape index (κ3) is 7.50. The van der Waals surface area contributed by atoms with Crippen LogP contribution in [0.25, 0.3) is 0 Å². The molecule has 0 unspecified atom stereocenters. The molecule has 0 aromatic rings. The highest BCUT2D eigenvalue weighted by molar-refractivity contribution is 5.85. The van der Waals surface area contributed by atoms with Gasteiger partial charge in [0.25, 0.3) is 0 Å². The number of hydrogen-bond donors (Lipinski definition) is 2. The van der Waals surface area contributed by atoms with Crippen LogP contribution in [0.4, 0.5) is 4.39 Å². The van der Waals surface area contributed by atoms with Crippen LogP contribution in [0, 0.1) is 0 Å². The first-order chi connectivity index (χ1) is 5.18. The summed E-state index contributed by atoms with van der Waals surface area (Å²) in [5.41, 5.74) is 5.17. The van der Waals surface area contributed by atoms with Crippen LogP contribution in [0.3, 0.4) is 0 Å². The van der Waals surface area contributed by atoms with E-state index in [0.29, 0.717) is 13.0 Å². The molecule has 5 heteroatoms. The van der Waals surface area contributed by atoms with Gasteiger partial charge in [-0.25, -0.2) is 4.79 Å². The largest absolute Gasteiger partial charge is 0.476 e. The first-order valence-corrected chi connectivity index (χ1v) is 3.47. The molecule has 0 aliphatic heterocycles. The Morgan fingerprint density at radius 2 is 2.08 bits per heavy atom. The van der Waals surface area contributed by atoms with Gasteiger partial charge >= 0.3 is 5.97 Å². The summed E-state index contributed by atoms with van der Waals surface area (Å²) in [7, 11) is 0. The highest BCUT2D eigenvalue weighted by atomic mass is 35.5. The van der Waals surface area contributed by atoms with Gasteiger partial charge < -0.3 is 10.8 Å². The van der Waals surface area contributed by atoms with E-state index >= 15 is 0 Å². The molecule has 0 aromatic heterocycles. The van der Waals surface area contributed by atoms with Crippen molar-refractivity contribution in [3.8, 4) is 0 Å². The van der Waals surface area contributed by atoms with Crippen molar-refractivity contribution in [3.05, 3.63) is 11.9 Å². The van der Waals surface area contributed by atoms with Crippen molar-refractivity contribution in [1.82, 2.24) is 0 Å². The predicted molar refractivity (Wildman–Crippen MR) is 47.0 cm³/mol. The Bertz CT molecular complexity index is 161. The Kier molecular flexibility index (Phi) is 9.86. The van der Waals surface area contributed by atoms with Crippen LogP contribution in [0.2, 0.25) is 0 Å². The smallest absolute Gasteiger partial charge is 0.364 e. The lowest BCUT2D eigenvalue weighted by Gasteiger charge is -1.91. The number of hydrogen-bond acceptors (Lipinski definition) is 2. The van der Waals surface area contributed by atoms with Crippen molar-refractivity contribution in [2.24, 2.45) is 5.73 Å². The molecule has 0 rings (SSSR count). The fourth-order valence-electron chi connectivity index (χ4n) is 0.605. The zero-order chi connectivity index (χ0) is 8.69. The standard InChI is InChI=1S/C7H12FNO2.ClH/c8-6(7(10)11)4-2-1-3-5-9;/h4H,1-3,5,9H2,(H,10,11);1H. The van der Waals surface area contributed by atoms with E-state index in [0.717, 1.165) is 18.9 Å². The Labute approximate surface area is 76.9 Å². The molecular weight excluding hydrogens is 185 g/mol. The third-order valence-electron chi connectivity index (χ3n) is 1.19. The van der Waals surface area contributed by atoms with Crippen molar-refractivity contribution in [3.63, 3.8) is 0 Å². The summed E-state index contributed by atoms with van der Waals surface area (Å²) in [4.78, 5) is 9.90. The minimum absolute atomic E-state index is 0. The van der Waals surface area contributed by atoms with Gasteiger partial charge in [-0.1, -0.05) is 0 Å². The van der Waals surface area contributed by atoms with E-state index in [9.17, 15) is 9.18 Å². The molecule has 0 aromatic carbocycles. The monoisotopic (exact) mass is 197 g/mol. The summed E-state index contributed by atoms with van der Waals surface area (Å²) >= 11 is 0. The molecule has 0 fully saturated rings. The Morgan fingerprint density at radius 3 is 2.50 bits per heavy atom. The van der Waals surface area contributed by atoms with E-state index in [4.69, 9.17) is 10.8 Å². The summed E-state index contributed by atoms with van der Waals surface area (Å²) in [6.07, 6.45) is 3.04. The average Bonchev–Trinajstić information content (AvgIpc) is 1.97. The first-order valence-electron chi connectivity index (χ1n) is 3.47. The third-order valence-corrected chi connectivity index (χ3v) is 1.19. The number of nitrogens with two attached hydrogens (primary N) is 1. The molecule has 72 valence electrons. The number of unbranched alkanes of at least 4 members (excludes halogenated alkanes) is 2. The van der Waals surface area contributed by atoms with Crippen molar-refractivity contribution < 1.29 is 14.3 Å². The summed E-state index contributed by atoms with van der Waals surface area (Å²) in [6.45, 7) is 0.558. The van der Waals surface area contributed by atoms with E-state index in [1.54, 1.807) is 0 Å². The molecule has 0 heterocycles. The molecule has 0 aliphatic rings. The normalized spacial score (nSPS) is 10.7. The van der Waals surface area contributed by atoms with Gasteiger partial charge in [0, 0.05) is 0 Å². The Morgan fingerprint density at radius 1 is 1.50 bits per heavy atom. The van der Waals surface area contributed by atoms with E-state index in [1.165, 1.54) is 0 Å². The van der Waals surface area contributed by atoms with Gasteiger partial charge in [0.2, 0.25) is 5.83 Å². The predicted octanol–water partition coefficient (Wildman–Crippen LogP) is 1.48. The average molecular weight is 198 g/mol. The molecule has 3 N–H and O–H groups in total. The van der Waals surface area contributed by atoms with Gasteiger partial charge in [0.15, 0.2) is 0 Å². The summed E-state index contributed by atoms with van der Waals surface area (Å²) in [6, 6.07) is 0. The highest BCUT2D eigenvalue weighted by Crippen LogP contribution is 2.02. The Hall–Kier alpha value is -0.610. The van der Waals surface area contributed by atoms with Crippen LogP contribution in [0.15, 0.2) is 11.9 Å². The second kappa shape index (κ2) is 8.49. The molecule has 0 spiro atoms. The molecule has 0 saturated carbocycles. The molecule has 0 amide bonds. The second-order valence-corrected chi connectivity index (χ2v) is 2.14. The lowest BCUT2D eigenvalue weighted by Crippen LogP contribution is -1.98. The number of allylic oxidation sites excluding steroid dienone is 1. The van der Waals surface area contributed by atoms with Gasteiger partial charge in [-0.3, -0.25) is 0 Å². The molecule has 0 saturated heterocycles. The molecule has 3 nitrogen and oxygen atoms in total. The number of aliphatic carboxylic acids is 1. The number of carbonyl (C=O) groups is 1. The molecule has 0 atom stereocenters. The molecule has 12 heavy (non-hydrogen) atoms. The van der Waals surface area contributed by atoms with Crippen LogP contribution in [-0.2, 0) is 4.79 Å². The van der Waals surface area contributed by atoms with Crippen molar-refractivity contribution >= 4 is 18.4 Å². The first kappa shape index (κ1) is 13.9. The van der Waals surface area contributed by atoms with Gasteiger partial charge in [-0.2, -0.15) is 4.39 Å². The molecular formula is C7H13ClFNO2. The molecule has 0 aliphatic carbocycles. The second-order valence-electron chi connectivity index (χ2n) is 2.14. The maximum Gasteiger partial charge on any atom is 0.364 e. The number of carboxylic acid groups (broad SMARTS) is 1. The lowest BCUT2D eigenvalue weighted by molar-refractivity contribution is -0.134. The van der Waals surface area contributed by atoms with Crippen molar-refractivity contribution in [2.75, 3.05) is 6.54 Å². The van der Waals surface area contributed by atoms with Gasteiger partial charge in [-0.15, -0.1) is 12.4 Å². The fourth-order valence-corrected chi connectivity index (χ4v) is 0.605. The maximum atomic E-state index is 12.2. The fraction of sp³-hybridized carbons (Fsp3) is 0.571. The van der Waals surface area contributed by atoms with E-state index in [1.807, 2.05) is 0 Å². The maximum absolute atomic E-state index is 12.2. The van der Waals surface area contributed by atoms with Gasteiger partial charge in [0.1, 0.15) is 0 Å². The van der Waals surface area contributed by atoms with E-state index < -0.39 is 11.8 Å². The minimum atomic E-state index is -1.50. The van der Waals surface area contributed by atoms with Crippen LogP contribution in [0.5, 0.6) is 0 Å². The van der Waals surface area contributed by atoms with Crippen molar-refractivity contribution in [1.29, 1.82) is 0 Å². The number of rotatable bonds is 5. The van der Waals surface area contributed by atoms with E-state index in [2.05, 4.69) is 0 Å². The van der Waals surface area contributed by atoms with E-state index in [-0.39, 0.29) is 12.4 Å². The quantitative estimate of drug-likeness (QED) is 0.518. The SMILES string of the molecule is Cl.NCCCCC=C(F)C(=O)O. The zero-order valence-electron chi connectivity index (χ0n) is 6.62. The van der Waals surface area contributed by atoms with Gasteiger partial charge in [-0.05, 0) is 31.9 Å². The molecule has 0 radical (unpaired) electrons. The Balaban J connectivity index is 0. The van der Waals surface area contributed by atoms with Crippen LogP contribution < -0.4 is 5.73 Å². The van der Waals surface area contributed by atoms with Crippen LogP contribution in [0.1, 0.15) is 19.3 Å². The van der Waals surface area contributed by atoms with Gasteiger partial charge in [0.05, 0.1) is 0 Å². The topological polar surface area (TPSA) is 63.3 Å². The van der Waals surface area contributed by atoms with Crippen LogP contribution in [-0.4, -0.2) is 17.6 Å². The highest BCUT2D eigenvalue weighted by Gasteiger charge is 2.02. The summed E-state index contributed by atoms with van der Waals surface area (Å²) in [5.74, 6) is -2.58. The number of carboxylic acids is 1. The lowest BCUT2D eigenvalue weighted by atomic mass is 10.2. The van der Waals surface area contributed by atoms with Crippen molar-refractivity contribution in [2.45, 2.75) is 19.3 Å². The minimum Gasteiger partial charge on any atom is -0.476 e.